The Hall–Kier alpha value is -2.78. The lowest BCUT2D eigenvalue weighted by Crippen LogP contribution is -2.30. The quantitative estimate of drug-likeness (QED) is 0.0962. The standard InChI is InChI=1S/C40H48N2O2S4/c1-5-7-9-11-13-15-21-41-37(31-19-17-29(47-31)33-23-27(3)25-45-33)35-36(39(41)43)38(42(40(35)44)22-16-14-12-10-8-6-2)32-20-18-30(48-32)34-24-28(4)26-46-34/h17-20,23-26H,5-16,21-22H2,1-4H3. The van der Waals surface area contributed by atoms with E-state index in [1.54, 1.807) is 45.3 Å². The van der Waals surface area contributed by atoms with Crippen LogP contribution in [0, 0.1) is 13.8 Å². The van der Waals surface area contributed by atoms with E-state index in [0.717, 1.165) is 46.8 Å². The molecule has 0 aliphatic carbocycles. The van der Waals surface area contributed by atoms with Crippen LogP contribution in [-0.2, 0) is 9.59 Å². The second-order valence-electron chi connectivity index (χ2n) is 13.2. The Morgan fingerprint density at radius 2 is 0.875 bits per heavy atom. The van der Waals surface area contributed by atoms with Gasteiger partial charge in [-0.1, -0.05) is 78.1 Å². The fourth-order valence-electron chi connectivity index (χ4n) is 6.75. The number of aryl methyl sites for hydroxylation is 2. The first-order valence-corrected chi connectivity index (χ1v) is 21.2. The molecule has 0 radical (unpaired) electrons. The topological polar surface area (TPSA) is 40.6 Å². The third-order valence-corrected chi connectivity index (χ3v) is 13.9. The van der Waals surface area contributed by atoms with E-state index >= 15 is 0 Å². The van der Waals surface area contributed by atoms with E-state index in [1.807, 2.05) is 9.80 Å². The minimum absolute atomic E-state index is 0.00816. The van der Waals surface area contributed by atoms with E-state index in [9.17, 15) is 9.59 Å². The highest BCUT2D eigenvalue weighted by Gasteiger charge is 2.49. The number of carbonyl (C=O) groups is 2. The average molecular weight is 717 g/mol. The average Bonchev–Trinajstić information content (AvgIpc) is 3.93. The molecule has 2 amide bonds. The molecule has 0 aromatic carbocycles. The summed E-state index contributed by atoms with van der Waals surface area (Å²) in [5.41, 5.74) is 5.39. The van der Waals surface area contributed by atoms with Crippen molar-refractivity contribution in [1.82, 2.24) is 9.80 Å². The second kappa shape index (κ2) is 16.3. The molecule has 6 heterocycles. The van der Waals surface area contributed by atoms with Gasteiger partial charge in [0.2, 0.25) is 0 Å². The highest BCUT2D eigenvalue weighted by atomic mass is 32.1. The van der Waals surface area contributed by atoms with Gasteiger partial charge >= 0.3 is 0 Å². The van der Waals surface area contributed by atoms with E-state index in [2.05, 4.69) is 74.9 Å². The predicted octanol–water partition coefficient (Wildman–Crippen LogP) is 12.4. The number of unbranched alkanes of at least 4 members (excludes halogenated alkanes) is 10. The summed E-state index contributed by atoms with van der Waals surface area (Å²) in [5, 5.41) is 4.36. The normalized spacial score (nSPS) is 14.8. The Bertz CT molecular complexity index is 1670. The number of thiophene rings is 4. The van der Waals surface area contributed by atoms with Gasteiger partial charge in [0.25, 0.3) is 11.8 Å². The summed E-state index contributed by atoms with van der Waals surface area (Å²) in [6, 6.07) is 13.0. The Morgan fingerprint density at radius 3 is 1.25 bits per heavy atom. The van der Waals surface area contributed by atoms with Crippen LogP contribution in [0.15, 0.2) is 58.3 Å². The maximum Gasteiger partial charge on any atom is 0.261 e. The van der Waals surface area contributed by atoms with Gasteiger partial charge in [0.1, 0.15) is 0 Å². The molecule has 8 heteroatoms. The van der Waals surface area contributed by atoms with E-state index in [1.165, 1.54) is 82.0 Å². The molecule has 48 heavy (non-hydrogen) atoms. The van der Waals surface area contributed by atoms with Crippen molar-refractivity contribution in [3.05, 3.63) is 79.2 Å². The monoisotopic (exact) mass is 716 g/mol. The molecule has 2 aliphatic heterocycles. The molecule has 0 saturated carbocycles. The van der Waals surface area contributed by atoms with E-state index in [4.69, 9.17) is 0 Å². The fraction of sp³-hybridized carbons (Fsp3) is 0.450. The zero-order valence-corrected chi connectivity index (χ0v) is 32.1. The third kappa shape index (κ3) is 7.52. The summed E-state index contributed by atoms with van der Waals surface area (Å²) in [6.45, 7) is 10.0. The zero-order valence-electron chi connectivity index (χ0n) is 28.9. The number of nitrogens with zero attached hydrogens (tertiary/aromatic N) is 2. The lowest BCUT2D eigenvalue weighted by Gasteiger charge is -2.24. The maximum absolute atomic E-state index is 14.7. The van der Waals surface area contributed by atoms with Crippen LogP contribution in [0.1, 0.15) is 112 Å². The van der Waals surface area contributed by atoms with E-state index < -0.39 is 0 Å². The van der Waals surface area contributed by atoms with Gasteiger partial charge in [-0.25, -0.2) is 0 Å². The molecule has 0 N–H and O–H groups in total. The van der Waals surface area contributed by atoms with Crippen molar-refractivity contribution < 1.29 is 9.59 Å². The Balaban J connectivity index is 1.40. The summed E-state index contributed by atoms with van der Waals surface area (Å²) in [6.07, 6.45) is 13.8. The van der Waals surface area contributed by atoms with Crippen LogP contribution < -0.4 is 0 Å². The van der Waals surface area contributed by atoms with Crippen molar-refractivity contribution in [2.24, 2.45) is 0 Å². The van der Waals surface area contributed by atoms with Gasteiger partial charge in [-0.05, 0) is 85.0 Å². The summed E-state index contributed by atoms with van der Waals surface area (Å²) < 4.78 is 0. The van der Waals surface area contributed by atoms with Crippen LogP contribution >= 0.6 is 45.3 Å². The van der Waals surface area contributed by atoms with Crippen molar-refractivity contribution >= 4 is 68.6 Å². The Morgan fingerprint density at radius 1 is 0.500 bits per heavy atom. The maximum atomic E-state index is 14.7. The van der Waals surface area contributed by atoms with Crippen LogP contribution in [0.2, 0.25) is 0 Å². The lowest BCUT2D eigenvalue weighted by atomic mass is 10.1. The summed E-state index contributed by atoms with van der Waals surface area (Å²) in [4.78, 5) is 40.1. The number of fused-ring (bicyclic) bond motifs is 1. The van der Waals surface area contributed by atoms with Gasteiger partial charge in [-0.2, -0.15) is 0 Å². The Kier molecular flexibility index (Phi) is 11.9. The first kappa shape index (κ1) is 35.1. The largest absolute Gasteiger partial charge is 0.306 e. The molecule has 4 aromatic heterocycles. The number of amides is 2. The summed E-state index contributed by atoms with van der Waals surface area (Å²) in [7, 11) is 0. The number of hydrogen-bond donors (Lipinski definition) is 0. The molecule has 0 fully saturated rings. The van der Waals surface area contributed by atoms with Crippen LogP contribution in [-0.4, -0.2) is 34.7 Å². The SMILES string of the molecule is CCCCCCCCN1C(=O)C2=C(c3ccc(-c4cc(C)cs4)s3)N(CCCCCCCC)C(=O)C2=C1c1ccc(-c2cc(C)cs2)s1. The van der Waals surface area contributed by atoms with Crippen LogP contribution in [0.3, 0.4) is 0 Å². The van der Waals surface area contributed by atoms with Gasteiger partial charge in [-0.3, -0.25) is 9.59 Å². The molecule has 4 aromatic rings. The summed E-state index contributed by atoms with van der Waals surface area (Å²) in [5.74, 6) is -0.0163. The van der Waals surface area contributed by atoms with Gasteiger partial charge in [-0.15, -0.1) is 45.3 Å². The van der Waals surface area contributed by atoms with Crippen molar-refractivity contribution in [3.63, 3.8) is 0 Å². The van der Waals surface area contributed by atoms with Crippen LogP contribution in [0.25, 0.3) is 30.9 Å². The molecule has 0 spiro atoms. The molecule has 0 saturated heterocycles. The predicted molar refractivity (Wildman–Crippen MR) is 209 cm³/mol. The molecule has 4 nitrogen and oxygen atoms in total. The molecule has 0 bridgehead atoms. The minimum atomic E-state index is -0.00816. The van der Waals surface area contributed by atoms with Gasteiger partial charge in [0.15, 0.2) is 0 Å². The molecular formula is C40H48N2O2S4. The number of rotatable bonds is 18. The fourth-order valence-corrected chi connectivity index (χ4v) is 10.9. The van der Waals surface area contributed by atoms with E-state index in [0.29, 0.717) is 24.2 Å². The van der Waals surface area contributed by atoms with Crippen LogP contribution in [0.5, 0.6) is 0 Å². The van der Waals surface area contributed by atoms with Crippen molar-refractivity contribution in [2.75, 3.05) is 13.1 Å². The third-order valence-electron chi connectivity index (χ3n) is 9.28. The Labute approximate surface area is 302 Å². The molecule has 2 aliphatic rings. The first-order valence-electron chi connectivity index (χ1n) is 17.8. The highest BCUT2D eigenvalue weighted by molar-refractivity contribution is 7.22. The number of carbonyl (C=O) groups excluding carboxylic acids is 2. The second-order valence-corrected chi connectivity index (χ2v) is 17.2. The summed E-state index contributed by atoms with van der Waals surface area (Å²) >= 11 is 6.91. The highest BCUT2D eigenvalue weighted by Crippen LogP contribution is 2.50. The van der Waals surface area contributed by atoms with Gasteiger partial charge in [0.05, 0.1) is 32.3 Å². The van der Waals surface area contributed by atoms with Gasteiger partial charge < -0.3 is 9.80 Å². The van der Waals surface area contributed by atoms with Gasteiger partial charge in [0, 0.05) is 32.6 Å². The minimum Gasteiger partial charge on any atom is -0.306 e. The lowest BCUT2D eigenvalue weighted by molar-refractivity contribution is -0.124. The van der Waals surface area contributed by atoms with Crippen molar-refractivity contribution in [2.45, 2.75) is 105 Å². The molecule has 6 rings (SSSR count). The van der Waals surface area contributed by atoms with E-state index in [-0.39, 0.29) is 11.8 Å². The molecule has 254 valence electrons. The van der Waals surface area contributed by atoms with Crippen LogP contribution in [0.4, 0.5) is 0 Å². The molecule has 0 unspecified atom stereocenters. The zero-order chi connectivity index (χ0) is 33.6. The van der Waals surface area contributed by atoms with Crippen molar-refractivity contribution in [3.8, 4) is 19.5 Å². The van der Waals surface area contributed by atoms with Crippen molar-refractivity contribution in [1.29, 1.82) is 0 Å². The smallest absolute Gasteiger partial charge is 0.261 e. The molecule has 0 atom stereocenters. The number of hydrogen-bond acceptors (Lipinski definition) is 6. The molecular weight excluding hydrogens is 669 g/mol. The first-order chi connectivity index (χ1) is 23.4.